The Balaban J connectivity index is 3.80. The Morgan fingerprint density at radius 1 is 1.22 bits per heavy atom. The molecule has 0 bridgehead atoms. The number of carbonyl (C=O) groups excluding carboxylic acids is 1. The largest absolute Gasteiger partial charge is 0.460 e. The minimum Gasteiger partial charge on any atom is -0.460 e. The molecular formula is C12H22O6. The molecule has 0 aromatic heterocycles. The van der Waals surface area contributed by atoms with Crippen molar-refractivity contribution in [3.05, 3.63) is 12.2 Å². The van der Waals surface area contributed by atoms with E-state index < -0.39 is 11.9 Å². The number of aliphatic hydroxyl groups is 1. The van der Waals surface area contributed by atoms with Gasteiger partial charge < -0.3 is 24.1 Å². The average Bonchev–Trinajstić information content (AvgIpc) is 2.28. The third kappa shape index (κ3) is 7.39. The fraction of sp³-hybridized carbons (Fsp3) is 0.750. The van der Waals surface area contributed by atoms with Crippen LogP contribution in [-0.2, 0) is 23.7 Å². The summed E-state index contributed by atoms with van der Waals surface area (Å²) < 4.78 is 20.0. The van der Waals surface area contributed by atoms with Crippen LogP contribution in [0.3, 0.4) is 0 Å². The molecule has 0 spiro atoms. The lowest BCUT2D eigenvalue weighted by Crippen LogP contribution is -2.41. The van der Waals surface area contributed by atoms with Crippen molar-refractivity contribution in [2.24, 2.45) is 0 Å². The van der Waals surface area contributed by atoms with Crippen molar-refractivity contribution in [3.8, 4) is 0 Å². The predicted octanol–water partition coefficient (Wildman–Crippen LogP) is 0.841. The standard InChI is InChI=1S/C12H22O6/c1-5-17-12(14,18-6-2)9-15-7-8-16-11(13)10(3)4/h14H,3,5-9H2,1-2,4H3. The SMILES string of the molecule is C=C(C)C(=O)OCCOCC(O)(OCC)OCC. The van der Waals surface area contributed by atoms with Gasteiger partial charge >= 0.3 is 11.9 Å². The summed E-state index contributed by atoms with van der Waals surface area (Å²) in [6.45, 7) is 9.14. The summed E-state index contributed by atoms with van der Waals surface area (Å²) in [6, 6.07) is 0. The van der Waals surface area contributed by atoms with E-state index in [4.69, 9.17) is 18.9 Å². The zero-order chi connectivity index (χ0) is 14.0. The molecule has 0 unspecified atom stereocenters. The Hall–Kier alpha value is -0.950. The monoisotopic (exact) mass is 262 g/mol. The second kappa shape index (κ2) is 9.04. The lowest BCUT2D eigenvalue weighted by Gasteiger charge is -2.26. The zero-order valence-corrected chi connectivity index (χ0v) is 11.2. The second-order valence-electron chi connectivity index (χ2n) is 3.55. The molecule has 1 N–H and O–H groups in total. The highest BCUT2D eigenvalue weighted by Crippen LogP contribution is 2.09. The van der Waals surface area contributed by atoms with Crippen LogP contribution < -0.4 is 0 Å². The fourth-order valence-electron chi connectivity index (χ4n) is 1.09. The molecule has 106 valence electrons. The van der Waals surface area contributed by atoms with E-state index in [0.29, 0.717) is 18.8 Å². The van der Waals surface area contributed by atoms with Gasteiger partial charge in [0.25, 0.3) is 0 Å². The van der Waals surface area contributed by atoms with E-state index in [1.807, 2.05) is 0 Å². The molecule has 0 aromatic carbocycles. The van der Waals surface area contributed by atoms with Gasteiger partial charge in [0.2, 0.25) is 0 Å². The van der Waals surface area contributed by atoms with Gasteiger partial charge in [-0.2, -0.15) is 0 Å². The molecule has 0 atom stereocenters. The van der Waals surface area contributed by atoms with Crippen molar-refractivity contribution in [1.29, 1.82) is 0 Å². The zero-order valence-electron chi connectivity index (χ0n) is 11.2. The van der Waals surface area contributed by atoms with Gasteiger partial charge in [0.1, 0.15) is 13.2 Å². The molecule has 6 nitrogen and oxygen atoms in total. The first-order chi connectivity index (χ1) is 8.45. The van der Waals surface area contributed by atoms with E-state index in [0.717, 1.165) is 0 Å². The van der Waals surface area contributed by atoms with Gasteiger partial charge in [0.05, 0.1) is 6.61 Å². The van der Waals surface area contributed by atoms with Gasteiger partial charge in [-0.3, -0.25) is 0 Å². The van der Waals surface area contributed by atoms with Gasteiger partial charge in [-0.1, -0.05) is 6.58 Å². The van der Waals surface area contributed by atoms with Gasteiger partial charge in [-0.15, -0.1) is 0 Å². The predicted molar refractivity (Wildman–Crippen MR) is 64.8 cm³/mol. The Labute approximate surface area is 107 Å². The van der Waals surface area contributed by atoms with Crippen LogP contribution in [-0.4, -0.2) is 50.1 Å². The first-order valence-corrected chi connectivity index (χ1v) is 5.85. The highest BCUT2D eigenvalue weighted by Gasteiger charge is 2.28. The van der Waals surface area contributed by atoms with Crippen LogP contribution in [0.15, 0.2) is 12.2 Å². The first-order valence-electron chi connectivity index (χ1n) is 5.85. The van der Waals surface area contributed by atoms with Crippen LogP contribution >= 0.6 is 0 Å². The van der Waals surface area contributed by atoms with Crippen LogP contribution in [0.25, 0.3) is 0 Å². The molecule has 0 heterocycles. The van der Waals surface area contributed by atoms with Crippen molar-refractivity contribution >= 4 is 5.97 Å². The minimum absolute atomic E-state index is 0.0834. The van der Waals surface area contributed by atoms with E-state index in [9.17, 15) is 9.90 Å². The maximum Gasteiger partial charge on any atom is 0.333 e. The van der Waals surface area contributed by atoms with Gasteiger partial charge in [0.15, 0.2) is 0 Å². The second-order valence-corrected chi connectivity index (χ2v) is 3.55. The third-order valence-electron chi connectivity index (χ3n) is 1.83. The Morgan fingerprint density at radius 3 is 2.22 bits per heavy atom. The molecule has 0 aliphatic carbocycles. The number of carbonyl (C=O) groups is 1. The number of hydrogen-bond acceptors (Lipinski definition) is 6. The highest BCUT2D eigenvalue weighted by molar-refractivity contribution is 5.86. The molecule has 0 saturated carbocycles. The summed E-state index contributed by atoms with van der Waals surface area (Å²) >= 11 is 0. The third-order valence-corrected chi connectivity index (χ3v) is 1.83. The number of esters is 1. The van der Waals surface area contributed by atoms with E-state index >= 15 is 0 Å². The van der Waals surface area contributed by atoms with E-state index in [1.165, 1.54) is 0 Å². The summed E-state index contributed by atoms with van der Waals surface area (Å²) in [6.07, 6.45) is 0. The quantitative estimate of drug-likeness (QED) is 0.272. The van der Waals surface area contributed by atoms with Crippen LogP contribution in [0.5, 0.6) is 0 Å². The normalized spacial score (nSPS) is 11.3. The molecule has 0 rings (SSSR count). The topological polar surface area (TPSA) is 74.2 Å². The summed E-state index contributed by atoms with van der Waals surface area (Å²) in [5, 5.41) is 9.82. The van der Waals surface area contributed by atoms with E-state index in [2.05, 4.69) is 6.58 Å². The smallest absolute Gasteiger partial charge is 0.333 e. The van der Waals surface area contributed by atoms with Crippen molar-refractivity contribution in [2.75, 3.05) is 33.0 Å². The molecule has 0 aromatic rings. The first kappa shape index (κ1) is 17.1. The van der Waals surface area contributed by atoms with Crippen LogP contribution in [0.1, 0.15) is 20.8 Å². The fourth-order valence-corrected chi connectivity index (χ4v) is 1.09. The minimum atomic E-state index is -1.75. The highest BCUT2D eigenvalue weighted by atomic mass is 16.8. The lowest BCUT2D eigenvalue weighted by atomic mass is 10.4. The maximum atomic E-state index is 11.0. The number of ether oxygens (including phenoxy) is 4. The van der Waals surface area contributed by atoms with Crippen LogP contribution in [0.4, 0.5) is 0 Å². The molecule has 0 aliphatic rings. The molecule has 0 radical (unpaired) electrons. The molecule has 6 heteroatoms. The summed E-state index contributed by atoms with van der Waals surface area (Å²) in [5.74, 6) is -2.22. The van der Waals surface area contributed by atoms with Crippen molar-refractivity contribution in [3.63, 3.8) is 0 Å². The van der Waals surface area contributed by atoms with Gasteiger partial charge in [0, 0.05) is 18.8 Å². The van der Waals surface area contributed by atoms with E-state index in [1.54, 1.807) is 20.8 Å². The van der Waals surface area contributed by atoms with Crippen LogP contribution in [0.2, 0.25) is 0 Å². The number of rotatable bonds is 10. The summed E-state index contributed by atoms with van der Waals surface area (Å²) in [5.41, 5.74) is 0.329. The molecule has 0 fully saturated rings. The Morgan fingerprint density at radius 2 is 1.78 bits per heavy atom. The van der Waals surface area contributed by atoms with Crippen molar-refractivity contribution in [1.82, 2.24) is 0 Å². The molecule has 18 heavy (non-hydrogen) atoms. The maximum absolute atomic E-state index is 11.0. The van der Waals surface area contributed by atoms with Crippen LogP contribution in [0, 0.1) is 0 Å². The van der Waals surface area contributed by atoms with Gasteiger partial charge in [-0.25, -0.2) is 4.79 Å². The summed E-state index contributed by atoms with van der Waals surface area (Å²) in [7, 11) is 0. The van der Waals surface area contributed by atoms with E-state index in [-0.39, 0.29) is 19.8 Å². The molecular weight excluding hydrogens is 240 g/mol. The van der Waals surface area contributed by atoms with Crippen molar-refractivity contribution < 1.29 is 28.8 Å². The van der Waals surface area contributed by atoms with Gasteiger partial charge in [-0.05, 0) is 20.8 Å². The molecule has 0 aliphatic heterocycles. The lowest BCUT2D eigenvalue weighted by molar-refractivity contribution is -0.373. The Kier molecular flexibility index (Phi) is 8.57. The average molecular weight is 262 g/mol. The summed E-state index contributed by atoms with van der Waals surface area (Å²) in [4.78, 5) is 11.0. The van der Waals surface area contributed by atoms with Crippen molar-refractivity contribution in [2.45, 2.75) is 26.7 Å². The molecule has 0 saturated heterocycles. The number of hydrogen-bond donors (Lipinski definition) is 1. The Bertz CT molecular complexity index is 257. The molecule has 0 amide bonds.